The second kappa shape index (κ2) is 3.62. The minimum Gasteiger partial charge on any atom is -0.384 e. The molecule has 0 aliphatic carbocycles. The smallest absolute Gasteiger partial charge is 0.165 e. The summed E-state index contributed by atoms with van der Waals surface area (Å²) in [5.41, 5.74) is 6.55. The molecule has 3 N–H and O–H groups in total. The summed E-state index contributed by atoms with van der Waals surface area (Å²) in [6.07, 6.45) is 2.15. The molecule has 15 heavy (non-hydrogen) atoms. The van der Waals surface area contributed by atoms with E-state index in [4.69, 9.17) is 10.8 Å². The molecule has 78 valence electrons. The van der Waals surface area contributed by atoms with Crippen molar-refractivity contribution in [3.05, 3.63) is 12.7 Å². The second-order valence-electron chi connectivity index (χ2n) is 3.03. The number of carbonyl (C=O) groups is 1. The number of nitrogens with zero attached hydrogens (tertiary/aromatic N) is 4. The summed E-state index contributed by atoms with van der Waals surface area (Å²) in [7, 11) is 0. The minimum absolute atomic E-state index is 0.108. The molecule has 0 aromatic carbocycles. The Hall–Kier alpha value is -2.02. The number of imidazole rings is 1. The van der Waals surface area contributed by atoms with Gasteiger partial charge >= 0.3 is 0 Å². The van der Waals surface area contributed by atoms with Crippen molar-refractivity contribution in [2.45, 2.75) is 12.6 Å². The summed E-state index contributed by atoms with van der Waals surface area (Å²) in [4.78, 5) is 22.0. The van der Waals surface area contributed by atoms with Crippen molar-refractivity contribution in [1.29, 1.82) is 0 Å². The molecule has 0 bridgehead atoms. The van der Waals surface area contributed by atoms with Crippen LogP contribution in [0.4, 0.5) is 5.82 Å². The fourth-order valence-corrected chi connectivity index (χ4v) is 1.28. The van der Waals surface area contributed by atoms with E-state index < -0.39 is 6.10 Å². The topological polar surface area (TPSA) is 107 Å². The molecule has 0 radical (unpaired) electrons. The lowest BCUT2D eigenvalue weighted by Crippen LogP contribution is -2.16. The Bertz CT molecular complexity index is 495. The number of fused-ring (bicyclic) bond motifs is 1. The molecule has 0 aliphatic heterocycles. The van der Waals surface area contributed by atoms with E-state index in [1.165, 1.54) is 12.7 Å². The Balaban J connectivity index is 2.45. The molecule has 2 heterocycles. The fraction of sp³-hybridized carbons (Fsp3) is 0.250. The molecule has 2 aromatic rings. The third-order valence-electron chi connectivity index (χ3n) is 1.97. The number of aldehydes is 1. The molecular formula is C8H9N5O2. The molecule has 0 saturated heterocycles. The number of aliphatic hydroxyl groups is 1. The van der Waals surface area contributed by atoms with Gasteiger partial charge in [-0.3, -0.25) is 0 Å². The predicted octanol–water partition coefficient (Wildman–Crippen LogP) is -1.03. The molecule has 0 aliphatic rings. The lowest BCUT2D eigenvalue weighted by molar-refractivity contribution is -0.115. The van der Waals surface area contributed by atoms with E-state index in [1.807, 2.05) is 0 Å². The lowest BCUT2D eigenvalue weighted by atomic mass is 10.4. The summed E-state index contributed by atoms with van der Waals surface area (Å²) in [6.45, 7) is 0.108. The summed E-state index contributed by atoms with van der Waals surface area (Å²) in [5.74, 6) is 0.277. The first kappa shape index (κ1) is 9.53. The highest BCUT2D eigenvalue weighted by molar-refractivity contribution is 5.81. The van der Waals surface area contributed by atoms with Gasteiger partial charge in [-0.15, -0.1) is 0 Å². The maximum atomic E-state index is 10.3. The Morgan fingerprint density at radius 1 is 1.53 bits per heavy atom. The van der Waals surface area contributed by atoms with E-state index in [-0.39, 0.29) is 12.4 Å². The molecule has 0 amide bonds. The average Bonchev–Trinajstić information content (AvgIpc) is 2.63. The van der Waals surface area contributed by atoms with Crippen molar-refractivity contribution < 1.29 is 9.90 Å². The molecular weight excluding hydrogens is 198 g/mol. The second-order valence-corrected chi connectivity index (χ2v) is 3.03. The summed E-state index contributed by atoms with van der Waals surface area (Å²) >= 11 is 0. The third-order valence-corrected chi connectivity index (χ3v) is 1.97. The van der Waals surface area contributed by atoms with E-state index in [2.05, 4.69) is 15.0 Å². The van der Waals surface area contributed by atoms with Gasteiger partial charge in [0, 0.05) is 0 Å². The van der Waals surface area contributed by atoms with Crippen LogP contribution in [0, 0.1) is 0 Å². The lowest BCUT2D eigenvalue weighted by Gasteiger charge is -2.04. The maximum Gasteiger partial charge on any atom is 0.165 e. The quantitative estimate of drug-likeness (QED) is 0.623. The van der Waals surface area contributed by atoms with Gasteiger partial charge in [-0.2, -0.15) is 0 Å². The molecule has 1 atom stereocenters. The standard InChI is InChI=1S/C8H9N5O2/c9-7-6-8(11-3-10-7)13(4-12-6)1-5(15)2-14/h2-5,15H,1H2,(H2,9,10,11)/t5-/m0/s1. The number of hydrogen-bond acceptors (Lipinski definition) is 6. The van der Waals surface area contributed by atoms with E-state index in [0.29, 0.717) is 17.5 Å². The van der Waals surface area contributed by atoms with E-state index >= 15 is 0 Å². The van der Waals surface area contributed by atoms with Gasteiger partial charge in [0.1, 0.15) is 24.2 Å². The van der Waals surface area contributed by atoms with Crippen LogP contribution in [-0.2, 0) is 11.3 Å². The van der Waals surface area contributed by atoms with Crippen LogP contribution in [-0.4, -0.2) is 37.0 Å². The van der Waals surface area contributed by atoms with Crippen molar-refractivity contribution in [2.24, 2.45) is 0 Å². The molecule has 0 saturated carbocycles. The molecule has 2 rings (SSSR count). The van der Waals surface area contributed by atoms with Gasteiger partial charge in [-0.25, -0.2) is 15.0 Å². The zero-order valence-corrected chi connectivity index (χ0v) is 7.74. The number of nitrogens with two attached hydrogens (primary N) is 1. The van der Waals surface area contributed by atoms with Crippen LogP contribution < -0.4 is 5.73 Å². The first-order valence-electron chi connectivity index (χ1n) is 4.27. The van der Waals surface area contributed by atoms with Crippen molar-refractivity contribution in [3.63, 3.8) is 0 Å². The molecule has 0 unspecified atom stereocenters. The number of rotatable bonds is 3. The van der Waals surface area contributed by atoms with Gasteiger partial charge in [0.05, 0.1) is 12.9 Å². The molecule has 7 nitrogen and oxygen atoms in total. The largest absolute Gasteiger partial charge is 0.384 e. The van der Waals surface area contributed by atoms with E-state index in [9.17, 15) is 4.79 Å². The van der Waals surface area contributed by atoms with Crippen LogP contribution in [0.3, 0.4) is 0 Å². The predicted molar refractivity (Wildman–Crippen MR) is 51.8 cm³/mol. The summed E-state index contributed by atoms with van der Waals surface area (Å²) in [5, 5.41) is 9.17. The monoisotopic (exact) mass is 207 g/mol. The number of nitrogen functional groups attached to an aromatic ring is 1. The van der Waals surface area contributed by atoms with Gasteiger partial charge in [0.25, 0.3) is 0 Å². The van der Waals surface area contributed by atoms with Gasteiger partial charge in [-0.05, 0) is 0 Å². The van der Waals surface area contributed by atoms with Crippen molar-refractivity contribution in [3.8, 4) is 0 Å². The summed E-state index contributed by atoms with van der Waals surface area (Å²) < 4.78 is 1.55. The molecule has 0 spiro atoms. The third kappa shape index (κ3) is 1.64. The van der Waals surface area contributed by atoms with Crippen molar-refractivity contribution in [2.75, 3.05) is 5.73 Å². The fourth-order valence-electron chi connectivity index (χ4n) is 1.28. The Morgan fingerprint density at radius 3 is 3.07 bits per heavy atom. The van der Waals surface area contributed by atoms with Gasteiger partial charge in [0.15, 0.2) is 11.5 Å². The Labute approximate surface area is 84.6 Å². The summed E-state index contributed by atoms with van der Waals surface area (Å²) in [6, 6.07) is 0. The maximum absolute atomic E-state index is 10.3. The van der Waals surface area contributed by atoms with Crippen LogP contribution in [0.25, 0.3) is 11.2 Å². The first-order valence-corrected chi connectivity index (χ1v) is 4.27. The highest BCUT2D eigenvalue weighted by Crippen LogP contribution is 2.13. The zero-order chi connectivity index (χ0) is 10.8. The van der Waals surface area contributed by atoms with Crippen molar-refractivity contribution in [1.82, 2.24) is 19.5 Å². The molecule has 2 aromatic heterocycles. The van der Waals surface area contributed by atoms with Crippen LogP contribution in [0.15, 0.2) is 12.7 Å². The highest BCUT2D eigenvalue weighted by atomic mass is 16.3. The van der Waals surface area contributed by atoms with E-state index in [1.54, 1.807) is 4.57 Å². The SMILES string of the molecule is Nc1ncnc2c1ncn2C[C@H](O)C=O. The van der Waals surface area contributed by atoms with Gasteiger partial charge in [0.2, 0.25) is 0 Å². The zero-order valence-electron chi connectivity index (χ0n) is 7.74. The molecule has 0 fully saturated rings. The number of aromatic nitrogens is 4. The van der Waals surface area contributed by atoms with Gasteiger partial charge < -0.3 is 20.2 Å². The minimum atomic E-state index is -1.07. The highest BCUT2D eigenvalue weighted by Gasteiger charge is 2.10. The van der Waals surface area contributed by atoms with Crippen molar-refractivity contribution >= 4 is 23.3 Å². The Kier molecular flexibility index (Phi) is 2.30. The number of aliphatic hydroxyl groups excluding tert-OH is 1. The normalized spacial score (nSPS) is 12.9. The van der Waals surface area contributed by atoms with E-state index in [0.717, 1.165) is 0 Å². The van der Waals surface area contributed by atoms with Crippen LogP contribution in [0.2, 0.25) is 0 Å². The Morgan fingerprint density at radius 2 is 2.33 bits per heavy atom. The van der Waals surface area contributed by atoms with Crippen LogP contribution >= 0.6 is 0 Å². The first-order chi connectivity index (χ1) is 7.22. The average molecular weight is 207 g/mol. The molecule has 7 heteroatoms. The van der Waals surface area contributed by atoms with Gasteiger partial charge in [-0.1, -0.05) is 0 Å². The number of hydrogen-bond donors (Lipinski definition) is 2. The number of carbonyl (C=O) groups excluding carboxylic acids is 1. The van der Waals surface area contributed by atoms with Crippen LogP contribution in [0.5, 0.6) is 0 Å². The number of anilines is 1. The van der Waals surface area contributed by atoms with Crippen LogP contribution in [0.1, 0.15) is 0 Å².